The predicted octanol–water partition coefficient (Wildman–Crippen LogP) is 1.14. The van der Waals surface area contributed by atoms with Crippen LogP contribution in [0.5, 0.6) is 0 Å². The predicted molar refractivity (Wildman–Crippen MR) is 55.9 cm³/mol. The van der Waals surface area contributed by atoms with Gasteiger partial charge >= 0.3 is 0 Å². The van der Waals surface area contributed by atoms with E-state index in [1.54, 1.807) is 0 Å². The molecule has 84 valence electrons. The molecule has 1 heterocycles. The molecule has 0 aromatic carbocycles. The first-order valence-electron chi connectivity index (χ1n) is 5.14. The van der Waals surface area contributed by atoms with Crippen LogP contribution in [0.2, 0.25) is 0 Å². The van der Waals surface area contributed by atoms with Crippen LogP contribution in [0, 0.1) is 0 Å². The molecule has 1 unspecified atom stereocenters. The van der Waals surface area contributed by atoms with Gasteiger partial charge in [0.05, 0.1) is 5.75 Å². The van der Waals surface area contributed by atoms with Gasteiger partial charge in [-0.2, -0.15) is 8.42 Å². The van der Waals surface area contributed by atoms with Crippen molar-refractivity contribution in [2.24, 2.45) is 0 Å². The van der Waals surface area contributed by atoms with E-state index in [1.165, 1.54) is 12.8 Å². The van der Waals surface area contributed by atoms with Crippen molar-refractivity contribution in [3.63, 3.8) is 0 Å². The maximum atomic E-state index is 10.5. The summed E-state index contributed by atoms with van der Waals surface area (Å²) in [5, 5.41) is 0. The lowest BCUT2D eigenvalue weighted by Gasteiger charge is -2.32. The fraction of sp³-hybridized carbons (Fsp3) is 1.00. The average Bonchev–Trinajstić information content (AvgIpc) is 2.06. The Morgan fingerprint density at radius 2 is 2.14 bits per heavy atom. The van der Waals surface area contributed by atoms with Crippen LogP contribution in [0.25, 0.3) is 0 Å². The summed E-state index contributed by atoms with van der Waals surface area (Å²) in [4.78, 5) is 2.29. The molecule has 1 saturated heterocycles. The molecular formula is C9H19NO3S. The third-order valence-corrected chi connectivity index (χ3v) is 3.67. The Morgan fingerprint density at radius 3 is 2.71 bits per heavy atom. The van der Waals surface area contributed by atoms with E-state index >= 15 is 0 Å². The fourth-order valence-corrected chi connectivity index (χ4v) is 2.54. The van der Waals surface area contributed by atoms with Gasteiger partial charge < -0.3 is 4.90 Å². The van der Waals surface area contributed by atoms with Crippen LogP contribution in [0.15, 0.2) is 0 Å². The van der Waals surface area contributed by atoms with E-state index in [2.05, 4.69) is 11.9 Å². The molecule has 0 aliphatic carbocycles. The zero-order valence-electron chi connectivity index (χ0n) is 8.65. The molecule has 1 atom stereocenters. The zero-order valence-corrected chi connectivity index (χ0v) is 9.46. The van der Waals surface area contributed by atoms with Crippen LogP contribution in [0.4, 0.5) is 0 Å². The lowest BCUT2D eigenvalue weighted by Crippen LogP contribution is -2.36. The van der Waals surface area contributed by atoms with Crippen LogP contribution in [-0.4, -0.2) is 43.3 Å². The van der Waals surface area contributed by atoms with E-state index in [4.69, 9.17) is 4.55 Å². The molecule has 0 saturated carbocycles. The minimum Gasteiger partial charge on any atom is -0.303 e. The summed E-state index contributed by atoms with van der Waals surface area (Å²) in [7, 11) is -1.68. The van der Waals surface area contributed by atoms with E-state index < -0.39 is 10.1 Å². The van der Waals surface area contributed by atoms with Crippen molar-refractivity contribution in [1.82, 2.24) is 4.90 Å². The van der Waals surface area contributed by atoms with Gasteiger partial charge in [-0.3, -0.25) is 4.55 Å². The number of rotatable bonds is 4. The molecule has 0 aromatic rings. The van der Waals surface area contributed by atoms with Crippen molar-refractivity contribution in [2.75, 3.05) is 19.3 Å². The summed E-state index contributed by atoms with van der Waals surface area (Å²) < 4.78 is 29.6. The molecule has 14 heavy (non-hydrogen) atoms. The molecule has 4 nitrogen and oxygen atoms in total. The van der Waals surface area contributed by atoms with Crippen LogP contribution < -0.4 is 0 Å². The largest absolute Gasteiger partial charge is 0.303 e. The molecule has 1 fully saturated rings. The standard InChI is InChI=1S/C9H19NO3S/c1-10-7-3-2-5-9(10)6-4-8-14(11,12)13/h9H,2-8H2,1H3,(H,11,12,13). The molecule has 0 bridgehead atoms. The molecule has 1 rings (SSSR count). The Bertz CT molecular complexity index is 263. The van der Waals surface area contributed by atoms with E-state index in [1.807, 2.05) is 0 Å². The Hall–Kier alpha value is -0.130. The monoisotopic (exact) mass is 221 g/mol. The maximum Gasteiger partial charge on any atom is 0.264 e. The lowest BCUT2D eigenvalue weighted by molar-refractivity contribution is 0.175. The quantitative estimate of drug-likeness (QED) is 0.723. The number of hydrogen-bond donors (Lipinski definition) is 1. The summed E-state index contributed by atoms with van der Waals surface area (Å²) in [5.41, 5.74) is 0. The van der Waals surface area contributed by atoms with Gasteiger partial charge in [-0.05, 0) is 39.3 Å². The third kappa shape index (κ3) is 4.39. The SMILES string of the molecule is CN1CCCCC1CCCS(=O)(=O)O. The van der Waals surface area contributed by atoms with E-state index in [0.717, 1.165) is 19.4 Å². The first-order chi connectivity index (χ1) is 6.49. The molecule has 0 radical (unpaired) electrons. The van der Waals surface area contributed by atoms with Crippen molar-refractivity contribution in [3.8, 4) is 0 Å². The van der Waals surface area contributed by atoms with Gasteiger partial charge in [0.2, 0.25) is 0 Å². The van der Waals surface area contributed by atoms with Crippen LogP contribution in [0.3, 0.4) is 0 Å². The molecule has 0 aromatic heterocycles. The Labute approximate surface area is 86.0 Å². The van der Waals surface area contributed by atoms with Crippen molar-refractivity contribution >= 4 is 10.1 Å². The topological polar surface area (TPSA) is 57.6 Å². The van der Waals surface area contributed by atoms with Crippen molar-refractivity contribution < 1.29 is 13.0 Å². The van der Waals surface area contributed by atoms with Gasteiger partial charge in [0.25, 0.3) is 10.1 Å². The highest BCUT2D eigenvalue weighted by Crippen LogP contribution is 2.18. The smallest absolute Gasteiger partial charge is 0.264 e. The normalized spacial score (nSPS) is 25.1. The summed E-state index contributed by atoms with van der Waals surface area (Å²) in [6.45, 7) is 1.11. The first-order valence-corrected chi connectivity index (χ1v) is 6.75. The maximum absolute atomic E-state index is 10.5. The summed E-state index contributed by atoms with van der Waals surface area (Å²) >= 11 is 0. The van der Waals surface area contributed by atoms with E-state index in [9.17, 15) is 8.42 Å². The van der Waals surface area contributed by atoms with Gasteiger partial charge in [-0.25, -0.2) is 0 Å². The Morgan fingerprint density at radius 1 is 1.43 bits per heavy atom. The summed E-state index contributed by atoms with van der Waals surface area (Å²) in [6, 6.07) is 0.505. The highest BCUT2D eigenvalue weighted by atomic mass is 32.2. The molecule has 0 spiro atoms. The number of likely N-dealkylation sites (tertiary alicyclic amines) is 1. The second kappa shape index (κ2) is 5.09. The van der Waals surface area contributed by atoms with Gasteiger partial charge in [-0.1, -0.05) is 6.42 Å². The molecule has 0 amide bonds. The average molecular weight is 221 g/mol. The highest BCUT2D eigenvalue weighted by molar-refractivity contribution is 7.85. The number of nitrogens with zero attached hydrogens (tertiary/aromatic N) is 1. The highest BCUT2D eigenvalue weighted by Gasteiger charge is 2.18. The van der Waals surface area contributed by atoms with E-state index in [-0.39, 0.29) is 5.75 Å². The molecule has 5 heteroatoms. The van der Waals surface area contributed by atoms with Gasteiger partial charge in [0, 0.05) is 6.04 Å². The van der Waals surface area contributed by atoms with Gasteiger partial charge in [0.1, 0.15) is 0 Å². The Kier molecular flexibility index (Phi) is 4.34. The van der Waals surface area contributed by atoms with Gasteiger partial charge in [-0.15, -0.1) is 0 Å². The molecule has 1 aliphatic rings. The molecular weight excluding hydrogens is 202 g/mol. The number of hydrogen-bond acceptors (Lipinski definition) is 3. The molecule has 1 aliphatic heterocycles. The number of piperidine rings is 1. The zero-order chi connectivity index (χ0) is 10.6. The summed E-state index contributed by atoms with van der Waals surface area (Å²) in [5.74, 6) is -0.0999. The van der Waals surface area contributed by atoms with Crippen LogP contribution in [-0.2, 0) is 10.1 Å². The molecule has 1 N–H and O–H groups in total. The fourth-order valence-electron chi connectivity index (χ4n) is 2.01. The van der Waals surface area contributed by atoms with Crippen molar-refractivity contribution in [1.29, 1.82) is 0 Å². The minimum atomic E-state index is -3.76. The second-order valence-electron chi connectivity index (χ2n) is 4.06. The van der Waals surface area contributed by atoms with Crippen molar-refractivity contribution in [2.45, 2.75) is 38.1 Å². The van der Waals surface area contributed by atoms with Crippen LogP contribution in [0.1, 0.15) is 32.1 Å². The van der Waals surface area contributed by atoms with Crippen molar-refractivity contribution in [3.05, 3.63) is 0 Å². The minimum absolute atomic E-state index is 0.0999. The van der Waals surface area contributed by atoms with E-state index in [0.29, 0.717) is 12.5 Å². The first kappa shape index (κ1) is 11.9. The van der Waals surface area contributed by atoms with Crippen LogP contribution >= 0.6 is 0 Å². The third-order valence-electron chi connectivity index (χ3n) is 2.86. The Balaban J connectivity index is 2.23. The second-order valence-corrected chi connectivity index (χ2v) is 5.63. The lowest BCUT2D eigenvalue weighted by atomic mass is 9.99. The van der Waals surface area contributed by atoms with Gasteiger partial charge in [0.15, 0.2) is 0 Å². The summed E-state index contributed by atoms with van der Waals surface area (Å²) in [6.07, 6.45) is 5.07.